The number of hydrogen-bond acceptors (Lipinski definition) is 4. The summed E-state index contributed by atoms with van der Waals surface area (Å²) in [5.74, 6) is 0.289. The molecule has 3 rings (SSSR count). The molecule has 2 unspecified atom stereocenters. The summed E-state index contributed by atoms with van der Waals surface area (Å²) >= 11 is 0. The molecule has 2 aliphatic heterocycles. The fraction of sp³-hybridized carbons (Fsp3) is 0.571. The highest BCUT2D eigenvalue weighted by atomic mass is 16.6. The molecule has 1 aromatic carbocycles. The zero-order valence-corrected chi connectivity index (χ0v) is 15.1. The zero-order chi connectivity index (χ0) is 18.4. The van der Waals surface area contributed by atoms with E-state index in [-0.39, 0.29) is 36.5 Å². The second-order valence-electron chi connectivity index (χ2n) is 7.33. The van der Waals surface area contributed by atoms with Crippen LogP contribution in [0.1, 0.15) is 56.9 Å². The Morgan fingerprint density at radius 2 is 1.85 bits per heavy atom. The molecule has 2 aliphatic rings. The number of nitrogens with zero attached hydrogens (tertiary/aromatic N) is 2. The van der Waals surface area contributed by atoms with Crippen molar-refractivity contribution >= 4 is 11.9 Å². The molecular weight excluding hydrogens is 328 g/mol. The van der Waals surface area contributed by atoms with Crippen LogP contribution in [-0.4, -0.2) is 28.9 Å². The Labute approximate surface area is 154 Å². The van der Waals surface area contributed by atoms with Gasteiger partial charge in [0.25, 0.3) is 0 Å². The smallest absolute Gasteiger partial charge is 0.410 e. The molecule has 2 atom stereocenters. The molecule has 0 saturated carbocycles. The summed E-state index contributed by atoms with van der Waals surface area (Å²) in [4.78, 5) is 27.0. The highest BCUT2D eigenvalue weighted by Crippen LogP contribution is 2.38. The Kier molecular flexibility index (Phi) is 6.27. The van der Waals surface area contributed by atoms with Gasteiger partial charge in [-0.2, -0.15) is 5.26 Å². The van der Waals surface area contributed by atoms with E-state index in [0.717, 1.165) is 37.7 Å². The number of ketones is 1. The minimum absolute atomic E-state index is 0.0298. The summed E-state index contributed by atoms with van der Waals surface area (Å²) in [6.45, 7) is 0.284. The lowest BCUT2D eigenvalue weighted by molar-refractivity contribution is -0.126. The molecule has 2 bridgehead atoms. The van der Waals surface area contributed by atoms with Gasteiger partial charge < -0.3 is 9.64 Å². The first-order valence-corrected chi connectivity index (χ1v) is 9.57. The van der Waals surface area contributed by atoms with Crippen LogP contribution in [0.4, 0.5) is 4.79 Å². The van der Waals surface area contributed by atoms with Crippen molar-refractivity contribution in [2.45, 2.75) is 70.1 Å². The fourth-order valence-corrected chi connectivity index (χ4v) is 4.28. The average molecular weight is 354 g/mol. The number of ether oxygens (including phenoxy) is 1. The third kappa shape index (κ3) is 4.43. The highest BCUT2D eigenvalue weighted by Gasteiger charge is 2.43. The van der Waals surface area contributed by atoms with Gasteiger partial charge in [0.05, 0.1) is 6.07 Å². The van der Waals surface area contributed by atoms with E-state index in [2.05, 4.69) is 6.07 Å². The van der Waals surface area contributed by atoms with Crippen LogP contribution in [0.3, 0.4) is 0 Å². The van der Waals surface area contributed by atoms with E-state index in [1.165, 1.54) is 0 Å². The Hall–Kier alpha value is -2.35. The summed E-state index contributed by atoms with van der Waals surface area (Å²) in [5, 5.41) is 8.63. The lowest BCUT2D eigenvalue weighted by Gasteiger charge is -2.47. The molecular formula is C21H26N2O3. The maximum atomic E-state index is 12.7. The van der Waals surface area contributed by atoms with Crippen molar-refractivity contribution in [3.8, 4) is 6.07 Å². The van der Waals surface area contributed by atoms with Gasteiger partial charge in [-0.1, -0.05) is 30.3 Å². The number of carbonyl (C=O) groups is 2. The number of benzene rings is 1. The van der Waals surface area contributed by atoms with Crippen molar-refractivity contribution in [1.82, 2.24) is 4.90 Å². The second-order valence-corrected chi connectivity index (χ2v) is 7.33. The molecule has 2 heterocycles. The van der Waals surface area contributed by atoms with Crippen molar-refractivity contribution < 1.29 is 14.3 Å². The zero-order valence-electron chi connectivity index (χ0n) is 15.1. The summed E-state index contributed by atoms with van der Waals surface area (Å²) in [6.07, 6.45) is 5.78. The van der Waals surface area contributed by atoms with E-state index in [0.29, 0.717) is 19.3 Å². The molecule has 1 aromatic rings. The number of piperidine rings is 2. The van der Waals surface area contributed by atoms with Gasteiger partial charge in [0.1, 0.15) is 12.4 Å². The standard InChI is InChI=1S/C21H26N2O3/c22-12-5-4-11-20(24)17-13-18-9-6-10-19(14-17)23(18)21(25)26-15-16-7-2-1-3-8-16/h1-3,7-8,17-19H,4-6,9-11,13-15H2. The quantitative estimate of drug-likeness (QED) is 0.717. The lowest BCUT2D eigenvalue weighted by atomic mass is 9.76. The van der Waals surface area contributed by atoms with Crippen molar-refractivity contribution in [3.63, 3.8) is 0 Å². The van der Waals surface area contributed by atoms with Crippen molar-refractivity contribution in [2.75, 3.05) is 0 Å². The molecule has 2 fully saturated rings. The molecule has 0 aromatic heterocycles. The topological polar surface area (TPSA) is 70.4 Å². The Balaban J connectivity index is 1.57. The van der Waals surface area contributed by atoms with Crippen LogP contribution in [-0.2, 0) is 16.1 Å². The van der Waals surface area contributed by atoms with Crippen LogP contribution in [0.5, 0.6) is 0 Å². The van der Waals surface area contributed by atoms with E-state index in [1.54, 1.807) is 0 Å². The highest BCUT2D eigenvalue weighted by molar-refractivity contribution is 5.81. The van der Waals surface area contributed by atoms with Gasteiger partial charge >= 0.3 is 6.09 Å². The Bertz CT molecular complexity index is 654. The molecule has 26 heavy (non-hydrogen) atoms. The molecule has 0 spiro atoms. The van der Waals surface area contributed by atoms with Crippen molar-refractivity contribution in [1.29, 1.82) is 5.26 Å². The number of carbonyl (C=O) groups excluding carboxylic acids is 2. The van der Waals surface area contributed by atoms with Crippen LogP contribution < -0.4 is 0 Å². The molecule has 5 nitrogen and oxygen atoms in total. The first kappa shape index (κ1) is 18.4. The van der Waals surface area contributed by atoms with E-state index >= 15 is 0 Å². The number of nitriles is 1. The van der Waals surface area contributed by atoms with Crippen LogP contribution in [0.15, 0.2) is 30.3 Å². The summed E-state index contributed by atoms with van der Waals surface area (Å²) in [7, 11) is 0. The average Bonchev–Trinajstić information content (AvgIpc) is 2.66. The van der Waals surface area contributed by atoms with Crippen LogP contribution >= 0.6 is 0 Å². The van der Waals surface area contributed by atoms with E-state index in [9.17, 15) is 9.59 Å². The maximum Gasteiger partial charge on any atom is 0.410 e. The van der Waals surface area contributed by atoms with Gasteiger partial charge in [-0.05, 0) is 44.1 Å². The van der Waals surface area contributed by atoms with Crippen LogP contribution in [0.2, 0.25) is 0 Å². The number of unbranched alkanes of at least 4 members (excludes halogenated alkanes) is 1. The van der Waals surface area contributed by atoms with E-state index in [4.69, 9.17) is 10.00 Å². The fourth-order valence-electron chi connectivity index (χ4n) is 4.28. The molecule has 138 valence electrons. The normalized spacial score (nSPS) is 24.6. The summed E-state index contributed by atoms with van der Waals surface area (Å²) in [5.41, 5.74) is 0.980. The van der Waals surface area contributed by atoms with Gasteiger partial charge in [0, 0.05) is 30.8 Å². The largest absolute Gasteiger partial charge is 0.445 e. The number of amides is 1. The van der Waals surface area contributed by atoms with Gasteiger partial charge in [0.2, 0.25) is 0 Å². The monoisotopic (exact) mass is 354 g/mol. The minimum Gasteiger partial charge on any atom is -0.445 e. The first-order chi connectivity index (χ1) is 12.7. The second kappa shape index (κ2) is 8.84. The van der Waals surface area contributed by atoms with E-state index in [1.807, 2.05) is 35.2 Å². The third-order valence-corrected chi connectivity index (χ3v) is 5.56. The number of Topliss-reactive ketones (excluding diaryl/α,β-unsaturated/α-hetero) is 1. The molecule has 0 radical (unpaired) electrons. The molecule has 5 heteroatoms. The van der Waals surface area contributed by atoms with Gasteiger partial charge in [-0.25, -0.2) is 4.79 Å². The molecule has 2 saturated heterocycles. The predicted octanol–water partition coefficient (Wildman–Crippen LogP) is 4.22. The molecule has 0 N–H and O–H groups in total. The predicted molar refractivity (Wildman–Crippen MR) is 97.1 cm³/mol. The number of rotatable bonds is 6. The molecule has 0 aliphatic carbocycles. The lowest BCUT2D eigenvalue weighted by Crippen LogP contribution is -2.55. The summed E-state index contributed by atoms with van der Waals surface area (Å²) < 4.78 is 5.55. The van der Waals surface area contributed by atoms with Gasteiger partial charge in [-0.15, -0.1) is 0 Å². The Morgan fingerprint density at radius 1 is 1.15 bits per heavy atom. The number of hydrogen-bond donors (Lipinski definition) is 0. The van der Waals surface area contributed by atoms with Crippen molar-refractivity contribution in [3.05, 3.63) is 35.9 Å². The van der Waals surface area contributed by atoms with E-state index < -0.39 is 0 Å². The first-order valence-electron chi connectivity index (χ1n) is 9.57. The molecule has 1 amide bonds. The maximum absolute atomic E-state index is 12.7. The van der Waals surface area contributed by atoms with Crippen LogP contribution in [0.25, 0.3) is 0 Å². The number of fused-ring (bicyclic) bond motifs is 2. The van der Waals surface area contributed by atoms with Crippen molar-refractivity contribution in [2.24, 2.45) is 5.92 Å². The minimum atomic E-state index is -0.251. The Morgan fingerprint density at radius 3 is 2.50 bits per heavy atom. The third-order valence-electron chi connectivity index (χ3n) is 5.56. The summed E-state index contributed by atoms with van der Waals surface area (Å²) in [6, 6.07) is 12.0. The van der Waals surface area contributed by atoms with Gasteiger partial charge in [0.15, 0.2) is 0 Å². The SMILES string of the molecule is N#CCCCC(=O)C1CC2CCCC(C1)N2C(=O)OCc1ccccc1. The van der Waals surface area contributed by atoms with Gasteiger partial charge in [-0.3, -0.25) is 4.79 Å². The van der Waals surface area contributed by atoms with Crippen LogP contribution in [0, 0.1) is 17.2 Å².